The fraction of sp³-hybridized carbons (Fsp3) is 0.118. The number of carbonyl (C=O) groups is 1. The molecular weight excluding hydrogens is 318 g/mol. The van der Waals surface area contributed by atoms with E-state index in [9.17, 15) is 23.7 Å². The summed E-state index contributed by atoms with van der Waals surface area (Å²) in [6, 6.07) is 8.37. The van der Waals surface area contributed by atoms with E-state index in [0.29, 0.717) is 0 Å². The maximum absolute atomic E-state index is 13.7. The van der Waals surface area contributed by atoms with Crippen LogP contribution < -0.4 is 5.32 Å². The first-order valence-electron chi connectivity index (χ1n) is 7.05. The highest BCUT2D eigenvalue weighted by molar-refractivity contribution is 5.92. The standard InChI is InChI=1S/C17H14F2N2O3/c1-11(14-8-7-13(18)10-15(14)19)20-17(22)9-6-12-4-2-3-5-16(12)21(23)24/h2-11H,1H3,(H,20,22)/b9-6+/t11-/m0/s1. The van der Waals surface area contributed by atoms with Gasteiger partial charge in [0.1, 0.15) is 11.6 Å². The fourth-order valence-corrected chi connectivity index (χ4v) is 2.15. The van der Waals surface area contributed by atoms with E-state index in [1.807, 2.05) is 0 Å². The summed E-state index contributed by atoms with van der Waals surface area (Å²) in [5, 5.41) is 13.4. The van der Waals surface area contributed by atoms with Crippen molar-refractivity contribution in [1.82, 2.24) is 5.32 Å². The second-order valence-corrected chi connectivity index (χ2v) is 5.05. The van der Waals surface area contributed by atoms with Gasteiger partial charge in [0.25, 0.3) is 5.69 Å². The third kappa shape index (κ3) is 4.22. The molecule has 7 heteroatoms. The van der Waals surface area contributed by atoms with Gasteiger partial charge >= 0.3 is 0 Å². The Morgan fingerprint density at radius 1 is 1.25 bits per heavy atom. The molecule has 0 saturated heterocycles. The van der Waals surface area contributed by atoms with Crippen molar-refractivity contribution >= 4 is 17.7 Å². The van der Waals surface area contributed by atoms with Crippen LogP contribution in [0.1, 0.15) is 24.1 Å². The van der Waals surface area contributed by atoms with Gasteiger partial charge in [0.05, 0.1) is 16.5 Å². The molecule has 1 atom stereocenters. The Morgan fingerprint density at radius 3 is 2.62 bits per heavy atom. The number of nitrogens with zero attached hydrogens (tertiary/aromatic N) is 1. The van der Waals surface area contributed by atoms with E-state index in [2.05, 4.69) is 5.32 Å². The van der Waals surface area contributed by atoms with Gasteiger partial charge in [0.15, 0.2) is 0 Å². The zero-order valence-electron chi connectivity index (χ0n) is 12.7. The van der Waals surface area contributed by atoms with E-state index in [-0.39, 0.29) is 16.8 Å². The van der Waals surface area contributed by atoms with Crippen molar-refractivity contribution in [1.29, 1.82) is 0 Å². The number of amides is 1. The molecule has 2 aromatic rings. The van der Waals surface area contributed by atoms with Crippen LogP contribution in [0.4, 0.5) is 14.5 Å². The molecule has 0 bridgehead atoms. The van der Waals surface area contributed by atoms with Crippen molar-refractivity contribution in [3.05, 3.63) is 81.4 Å². The summed E-state index contributed by atoms with van der Waals surface area (Å²) >= 11 is 0. The van der Waals surface area contributed by atoms with Crippen LogP contribution in [0.2, 0.25) is 0 Å². The topological polar surface area (TPSA) is 72.2 Å². The minimum atomic E-state index is -0.759. The molecule has 0 aliphatic heterocycles. The Bertz CT molecular complexity index is 806. The van der Waals surface area contributed by atoms with E-state index in [1.54, 1.807) is 13.0 Å². The van der Waals surface area contributed by atoms with Crippen molar-refractivity contribution < 1.29 is 18.5 Å². The van der Waals surface area contributed by atoms with Crippen molar-refractivity contribution in [2.24, 2.45) is 0 Å². The summed E-state index contributed by atoms with van der Waals surface area (Å²) < 4.78 is 26.6. The SMILES string of the molecule is C[C@H](NC(=O)/C=C/c1ccccc1[N+](=O)[O-])c1ccc(F)cc1F. The molecule has 0 radical (unpaired) electrons. The summed E-state index contributed by atoms with van der Waals surface area (Å²) in [6.45, 7) is 1.55. The summed E-state index contributed by atoms with van der Waals surface area (Å²) in [5.41, 5.74) is 0.293. The maximum atomic E-state index is 13.7. The second-order valence-electron chi connectivity index (χ2n) is 5.05. The fourth-order valence-electron chi connectivity index (χ4n) is 2.15. The Kier molecular flexibility index (Phi) is 5.36. The lowest BCUT2D eigenvalue weighted by molar-refractivity contribution is -0.385. The van der Waals surface area contributed by atoms with E-state index in [0.717, 1.165) is 18.2 Å². The van der Waals surface area contributed by atoms with Crippen LogP contribution in [-0.2, 0) is 4.79 Å². The lowest BCUT2D eigenvalue weighted by atomic mass is 10.1. The first-order valence-corrected chi connectivity index (χ1v) is 7.05. The van der Waals surface area contributed by atoms with Crippen LogP contribution in [0.3, 0.4) is 0 Å². The number of halogens is 2. The number of carbonyl (C=O) groups excluding carboxylic acids is 1. The van der Waals surface area contributed by atoms with E-state index in [1.165, 1.54) is 30.3 Å². The molecule has 0 aliphatic carbocycles. The summed E-state index contributed by atoms with van der Waals surface area (Å²) in [6.07, 6.45) is 2.43. The first-order chi connectivity index (χ1) is 11.4. The Labute approximate surface area is 136 Å². The number of hydrogen-bond donors (Lipinski definition) is 1. The zero-order chi connectivity index (χ0) is 17.7. The molecule has 0 unspecified atom stereocenters. The molecule has 124 valence electrons. The van der Waals surface area contributed by atoms with Crippen LogP contribution in [0.5, 0.6) is 0 Å². The van der Waals surface area contributed by atoms with Gasteiger partial charge in [-0.1, -0.05) is 18.2 Å². The molecule has 5 nitrogen and oxygen atoms in total. The highest BCUT2D eigenvalue weighted by Gasteiger charge is 2.14. The van der Waals surface area contributed by atoms with Crippen LogP contribution in [0.15, 0.2) is 48.5 Å². The lowest BCUT2D eigenvalue weighted by Gasteiger charge is -2.13. The molecule has 0 heterocycles. The van der Waals surface area contributed by atoms with Crippen LogP contribution >= 0.6 is 0 Å². The molecule has 2 rings (SSSR count). The first kappa shape index (κ1) is 17.3. The van der Waals surface area contributed by atoms with Crippen LogP contribution in [-0.4, -0.2) is 10.8 Å². The molecule has 0 spiro atoms. The van der Waals surface area contributed by atoms with E-state index >= 15 is 0 Å². The van der Waals surface area contributed by atoms with Gasteiger partial charge in [-0.15, -0.1) is 0 Å². The van der Waals surface area contributed by atoms with Gasteiger partial charge in [0, 0.05) is 23.8 Å². The number of rotatable bonds is 5. The van der Waals surface area contributed by atoms with Gasteiger partial charge in [-0.2, -0.15) is 0 Å². The van der Waals surface area contributed by atoms with Gasteiger partial charge in [-0.25, -0.2) is 8.78 Å². The summed E-state index contributed by atoms with van der Waals surface area (Å²) in [5.74, 6) is -2.01. The van der Waals surface area contributed by atoms with E-state index < -0.39 is 28.5 Å². The molecule has 0 fully saturated rings. The summed E-state index contributed by atoms with van der Waals surface area (Å²) in [7, 11) is 0. The third-order valence-electron chi connectivity index (χ3n) is 3.34. The van der Waals surface area contributed by atoms with Gasteiger partial charge < -0.3 is 5.32 Å². The number of nitrogens with one attached hydrogen (secondary N) is 1. The number of para-hydroxylation sites is 1. The predicted molar refractivity (Wildman–Crippen MR) is 85.0 cm³/mol. The second kappa shape index (κ2) is 7.45. The normalized spacial score (nSPS) is 12.1. The van der Waals surface area contributed by atoms with Crippen molar-refractivity contribution in [3.63, 3.8) is 0 Å². The monoisotopic (exact) mass is 332 g/mol. The lowest BCUT2D eigenvalue weighted by Crippen LogP contribution is -2.25. The van der Waals surface area contributed by atoms with E-state index in [4.69, 9.17) is 0 Å². The number of nitro benzene ring substituents is 1. The van der Waals surface area contributed by atoms with Gasteiger partial charge in [-0.05, 0) is 25.1 Å². The van der Waals surface area contributed by atoms with Crippen molar-refractivity contribution in [2.45, 2.75) is 13.0 Å². The highest BCUT2D eigenvalue weighted by atomic mass is 19.1. The third-order valence-corrected chi connectivity index (χ3v) is 3.34. The van der Waals surface area contributed by atoms with Gasteiger partial charge in [-0.3, -0.25) is 14.9 Å². The average molecular weight is 332 g/mol. The largest absolute Gasteiger partial charge is 0.346 e. The Balaban J connectivity index is 2.09. The quantitative estimate of drug-likeness (QED) is 0.515. The minimum absolute atomic E-state index is 0.126. The zero-order valence-corrected chi connectivity index (χ0v) is 12.7. The van der Waals surface area contributed by atoms with Gasteiger partial charge in [0.2, 0.25) is 5.91 Å². The average Bonchev–Trinajstić information content (AvgIpc) is 2.52. The van der Waals surface area contributed by atoms with Crippen LogP contribution in [0, 0.1) is 21.7 Å². The van der Waals surface area contributed by atoms with Crippen molar-refractivity contribution in [3.8, 4) is 0 Å². The predicted octanol–water partition coefficient (Wildman–Crippen LogP) is 3.76. The molecule has 0 aliphatic rings. The number of nitro groups is 1. The number of hydrogen-bond acceptors (Lipinski definition) is 3. The molecule has 1 N–H and O–H groups in total. The maximum Gasteiger partial charge on any atom is 0.276 e. The molecule has 1 amide bonds. The smallest absolute Gasteiger partial charge is 0.276 e. The molecule has 2 aromatic carbocycles. The molecule has 24 heavy (non-hydrogen) atoms. The minimum Gasteiger partial charge on any atom is -0.346 e. The molecule has 0 saturated carbocycles. The highest BCUT2D eigenvalue weighted by Crippen LogP contribution is 2.20. The Morgan fingerprint density at radius 2 is 1.96 bits per heavy atom. The van der Waals surface area contributed by atoms with Crippen LogP contribution in [0.25, 0.3) is 6.08 Å². The molecular formula is C17H14F2N2O3. The van der Waals surface area contributed by atoms with Crippen molar-refractivity contribution in [2.75, 3.05) is 0 Å². The summed E-state index contributed by atoms with van der Waals surface area (Å²) in [4.78, 5) is 22.2. The Hall–Kier alpha value is -3.09. The number of benzene rings is 2. The molecule has 0 aromatic heterocycles.